The molecule has 0 bridgehead atoms. The minimum atomic E-state index is -4.54. The second-order valence-corrected chi connectivity index (χ2v) is 8.74. The Hall–Kier alpha value is -2.71. The van der Waals surface area contributed by atoms with Crippen molar-refractivity contribution in [2.24, 2.45) is 7.05 Å². The molecule has 0 N–H and O–H groups in total. The van der Waals surface area contributed by atoms with Gasteiger partial charge in [0.1, 0.15) is 11.6 Å². The van der Waals surface area contributed by atoms with E-state index in [4.69, 9.17) is 23.2 Å². The maximum absolute atomic E-state index is 14.0. The van der Waals surface area contributed by atoms with E-state index in [-0.39, 0.29) is 10.0 Å². The number of hydrogen-bond acceptors (Lipinski definition) is 2. The summed E-state index contributed by atoms with van der Waals surface area (Å²) in [6.45, 7) is 5.08. The molecule has 0 amide bonds. The van der Waals surface area contributed by atoms with Crippen molar-refractivity contribution in [3.63, 3.8) is 0 Å². The molecule has 1 aliphatic rings. The number of allylic oxidation sites excluding steroid dienone is 2. The Morgan fingerprint density at radius 2 is 1.71 bits per heavy atom. The summed E-state index contributed by atoms with van der Waals surface area (Å²) >= 11 is 12.0. The lowest BCUT2D eigenvalue weighted by Crippen LogP contribution is -2.31. The first-order chi connectivity index (χ1) is 16.0. The third-order valence-electron chi connectivity index (χ3n) is 6.05. The number of fused-ring (bicyclic) bond motifs is 2. The highest BCUT2D eigenvalue weighted by atomic mass is 35.5. The highest BCUT2D eigenvalue weighted by Gasteiger charge is 2.37. The Bertz CT molecular complexity index is 1340. The lowest BCUT2D eigenvalue weighted by molar-refractivity contribution is -0.647. The van der Waals surface area contributed by atoms with E-state index >= 15 is 0 Å². The van der Waals surface area contributed by atoms with Gasteiger partial charge in [0, 0.05) is 31.8 Å². The molecule has 0 aliphatic carbocycles. The number of halogens is 6. The van der Waals surface area contributed by atoms with Crippen molar-refractivity contribution in [3.8, 4) is 0 Å². The number of aryl methyl sites for hydroxylation is 2. The first kappa shape index (κ1) is 24.4. The summed E-state index contributed by atoms with van der Waals surface area (Å²) in [6, 6.07) is 5.45. The van der Waals surface area contributed by atoms with Crippen LogP contribution in [-0.4, -0.2) is 18.2 Å². The average Bonchev–Trinajstić information content (AvgIpc) is 3.17. The normalized spacial score (nSPS) is 15.4. The average molecular weight is 514 g/mol. The van der Waals surface area contributed by atoms with Crippen LogP contribution in [0.1, 0.15) is 25.2 Å². The van der Waals surface area contributed by atoms with E-state index < -0.39 is 17.6 Å². The molecule has 0 unspecified atom stereocenters. The van der Waals surface area contributed by atoms with Gasteiger partial charge < -0.3 is 9.80 Å². The number of alkyl halides is 3. The smallest absolute Gasteiger partial charge is 0.329 e. The van der Waals surface area contributed by atoms with Crippen LogP contribution in [-0.2, 0) is 19.8 Å². The highest BCUT2D eigenvalue weighted by Crippen LogP contribution is 2.47. The Morgan fingerprint density at radius 1 is 1.00 bits per heavy atom. The van der Waals surface area contributed by atoms with Crippen molar-refractivity contribution >= 4 is 51.7 Å². The van der Waals surface area contributed by atoms with Crippen LogP contribution in [0.4, 0.5) is 28.9 Å². The van der Waals surface area contributed by atoms with E-state index in [9.17, 15) is 17.6 Å². The minimum Gasteiger partial charge on any atom is -0.329 e. The second kappa shape index (κ2) is 8.82. The summed E-state index contributed by atoms with van der Waals surface area (Å²) in [7, 11) is 3.56. The van der Waals surface area contributed by atoms with Crippen LogP contribution >= 0.6 is 23.2 Å². The van der Waals surface area contributed by atoms with Crippen molar-refractivity contribution < 1.29 is 22.1 Å². The summed E-state index contributed by atoms with van der Waals surface area (Å²) in [6.07, 6.45) is 0.989. The first-order valence-electron chi connectivity index (χ1n) is 10.7. The zero-order valence-corrected chi connectivity index (χ0v) is 20.5. The molecule has 0 spiro atoms. The third-order valence-corrected chi connectivity index (χ3v) is 6.66. The van der Waals surface area contributed by atoms with Crippen LogP contribution in [0.5, 0.6) is 0 Å². The molecule has 0 saturated carbocycles. The molecule has 1 aromatic heterocycles. The molecule has 4 rings (SSSR count). The highest BCUT2D eigenvalue weighted by molar-refractivity contribution is 6.32. The van der Waals surface area contributed by atoms with E-state index in [0.717, 1.165) is 17.4 Å². The molecule has 0 radical (unpaired) electrons. The van der Waals surface area contributed by atoms with Gasteiger partial charge in [-0.15, -0.1) is 0 Å². The van der Waals surface area contributed by atoms with Gasteiger partial charge in [-0.3, -0.25) is 0 Å². The SMILES string of the molecule is CCN1C(=CC=Cc2n(CC)c3cc(Cl)c(F)cc3[n+]2C)N(C)c2cc(C(F)(F)F)c(Cl)cc21. The van der Waals surface area contributed by atoms with Crippen LogP contribution in [0.2, 0.25) is 10.0 Å². The van der Waals surface area contributed by atoms with Gasteiger partial charge in [0.05, 0.1) is 40.6 Å². The third kappa shape index (κ3) is 3.92. The summed E-state index contributed by atoms with van der Waals surface area (Å²) in [5.74, 6) is 1.04. The predicted octanol–water partition coefficient (Wildman–Crippen LogP) is 6.78. The minimum absolute atomic E-state index is 0.0544. The summed E-state index contributed by atoms with van der Waals surface area (Å²) in [4.78, 5) is 3.61. The van der Waals surface area contributed by atoms with Crippen LogP contribution in [0, 0.1) is 5.82 Å². The van der Waals surface area contributed by atoms with Gasteiger partial charge in [-0.05, 0) is 32.1 Å². The van der Waals surface area contributed by atoms with Gasteiger partial charge in [0.25, 0.3) is 5.82 Å². The van der Waals surface area contributed by atoms with Gasteiger partial charge >= 0.3 is 6.18 Å². The second-order valence-electron chi connectivity index (χ2n) is 7.92. The van der Waals surface area contributed by atoms with Crippen molar-refractivity contribution in [2.75, 3.05) is 23.4 Å². The van der Waals surface area contributed by atoms with Crippen molar-refractivity contribution in [1.82, 2.24) is 4.57 Å². The molecular formula is C24H23Cl2F4N4+. The van der Waals surface area contributed by atoms with Crippen molar-refractivity contribution in [2.45, 2.75) is 26.6 Å². The molecule has 0 atom stereocenters. The van der Waals surface area contributed by atoms with Crippen LogP contribution in [0.3, 0.4) is 0 Å². The standard InChI is InChI=1S/C24H23Cl2F4N4/c1-5-33-20-11-15(25)14(24(28,29)30)10-18(20)31(3)22(33)8-7-9-23-32(4)19-13-17(27)16(26)12-21(19)34(23)6-2/h7-13H,5-6H2,1-4H3/q+1. The zero-order chi connectivity index (χ0) is 24.9. The predicted molar refractivity (Wildman–Crippen MR) is 129 cm³/mol. The Morgan fingerprint density at radius 3 is 2.32 bits per heavy atom. The molecule has 180 valence electrons. The molecule has 3 aromatic rings. The quantitative estimate of drug-likeness (QED) is 0.282. The number of aromatic nitrogens is 2. The van der Waals surface area contributed by atoms with Crippen LogP contribution in [0.15, 0.2) is 42.2 Å². The number of benzene rings is 2. The lowest BCUT2D eigenvalue weighted by Gasteiger charge is -2.20. The number of anilines is 2. The molecule has 0 saturated heterocycles. The number of hydrogen-bond donors (Lipinski definition) is 0. The summed E-state index contributed by atoms with van der Waals surface area (Å²) in [5, 5.41) is -0.279. The lowest BCUT2D eigenvalue weighted by atomic mass is 10.1. The van der Waals surface area contributed by atoms with Gasteiger partial charge in [0.2, 0.25) is 0 Å². The topological polar surface area (TPSA) is 15.3 Å². The Kier molecular flexibility index (Phi) is 6.33. The van der Waals surface area contributed by atoms with E-state index in [0.29, 0.717) is 35.8 Å². The van der Waals surface area contributed by atoms with Gasteiger partial charge in [0.15, 0.2) is 11.0 Å². The Labute approximate surface area is 204 Å². The number of imidazole rings is 1. The van der Waals surface area contributed by atoms with E-state index in [1.165, 1.54) is 12.1 Å². The fraction of sp³-hybridized carbons (Fsp3) is 0.292. The van der Waals surface area contributed by atoms with Crippen LogP contribution < -0.4 is 14.4 Å². The van der Waals surface area contributed by atoms with Gasteiger partial charge in [-0.25, -0.2) is 13.5 Å². The molecule has 2 heterocycles. The van der Waals surface area contributed by atoms with Gasteiger partial charge in [-0.2, -0.15) is 13.2 Å². The summed E-state index contributed by atoms with van der Waals surface area (Å²) in [5.41, 5.74) is 1.68. The van der Waals surface area contributed by atoms with Gasteiger partial charge in [-0.1, -0.05) is 29.3 Å². The Balaban J connectivity index is 1.76. The maximum Gasteiger partial charge on any atom is 0.417 e. The first-order valence-corrected chi connectivity index (χ1v) is 11.4. The molecular weight excluding hydrogens is 491 g/mol. The van der Waals surface area contributed by atoms with Crippen LogP contribution in [0.25, 0.3) is 17.1 Å². The molecule has 1 aliphatic heterocycles. The number of rotatable bonds is 4. The van der Waals surface area contributed by atoms with Crippen molar-refractivity contribution in [3.05, 3.63) is 69.5 Å². The molecule has 10 heteroatoms. The molecule has 2 aromatic carbocycles. The zero-order valence-electron chi connectivity index (χ0n) is 19.0. The van der Waals surface area contributed by atoms with Crippen molar-refractivity contribution in [1.29, 1.82) is 0 Å². The molecule has 0 fully saturated rings. The van der Waals surface area contributed by atoms with E-state index in [1.54, 1.807) is 18.0 Å². The fourth-order valence-electron chi connectivity index (χ4n) is 4.41. The van der Waals surface area contributed by atoms with E-state index in [1.807, 2.05) is 53.2 Å². The fourth-order valence-corrected chi connectivity index (χ4v) is 4.83. The number of nitrogens with zero attached hydrogens (tertiary/aromatic N) is 4. The monoisotopic (exact) mass is 513 g/mol. The summed E-state index contributed by atoms with van der Waals surface area (Å²) < 4.78 is 58.1. The largest absolute Gasteiger partial charge is 0.417 e. The molecule has 4 nitrogen and oxygen atoms in total. The van der Waals surface area contributed by atoms with E-state index in [2.05, 4.69) is 0 Å². The molecule has 34 heavy (non-hydrogen) atoms. The maximum atomic E-state index is 14.0.